The number of aromatic nitrogens is 2. The van der Waals surface area contributed by atoms with Gasteiger partial charge in [0.25, 0.3) is 0 Å². The molecular formula is C25H23F4N5O5S. The van der Waals surface area contributed by atoms with Crippen molar-refractivity contribution in [2.24, 2.45) is 11.7 Å². The number of amides is 1. The van der Waals surface area contributed by atoms with Crippen LogP contribution in [0.2, 0.25) is 0 Å². The van der Waals surface area contributed by atoms with Crippen molar-refractivity contribution in [2.45, 2.75) is 42.1 Å². The van der Waals surface area contributed by atoms with Gasteiger partial charge in [0.2, 0.25) is 17.6 Å². The van der Waals surface area contributed by atoms with Gasteiger partial charge in [0.1, 0.15) is 11.6 Å². The molecule has 3 N–H and O–H groups in total. The Morgan fingerprint density at radius 1 is 1.20 bits per heavy atom. The van der Waals surface area contributed by atoms with Crippen LogP contribution in [-0.2, 0) is 26.6 Å². The van der Waals surface area contributed by atoms with Crippen molar-refractivity contribution in [1.29, 1.82) is 0 Å². The quantitative estimate of drug-likeness (QED) is 0.435. The first-order chi connectivity index (χ1) is 18.8. The van der Waals surface area contributed by atoms with Gasteiger partial charge in [-0.1, -0.05) is 17.3 Å². The lowest BCUT2D eigenvalue weighted by Crippen LogP contribution is -2.57. The maximum atomic E-state index is 15.4. The number of fused-ring (bicyclic) bond motifs is 3. The maximum Gasteiger partial charge on any atom is 0.573 e. The van der Waals surface area contributed by atoms with Crippen LogP contribution in [0.5, 0.6) is 5.75 Å². The number of hydrogen-bond donors (Lipinski definition) is 2. The van der Waals surface area contributed by atoms with E-state index in [0.29, 0.717) is 23.9 Å². The van der Waals surface area contributed by atoms with Crippen molar-refractivity contribution in [3.63, 3.8) is 0 Å². The summed E-state index contributed by atoms with van der Waals surface area (Å²) in [7, 11) is -4.19. The zero-order valence-electron chi connectivity index (χ0n) is 20.7. The zero-order valence-corrected chi connectivity index (χ0v) is 21.6. The number of nitrogens with one attached hydrogen (secondary N) is 1. The number of halogens is 4. The summed E-state index contributed by atoms with van der Waals surface area (Å²) in [4.78, 5) is 18.3. The van der Waals surface area contributed by atoms with Gasteiger partial charge in [-0.05, 0) is 55.1 Å². The number of anilines is 1. The minimum Gasteiger partial charge on any atom is -0.406 e. The number of ether oxygens (including phenoxy) is 1. The third-order valence-electron chi connectivity index (χ3n) is 7.53. The topological polar surface area (TPSA) is 141 Å². The van der Waals surface area contributed by atoms with Gasteiger partial charge in [0.05, 0.1) is 39.9 Å². The van der Waals surface area contributed by atoms with Gasteiger partial charge < -0.3 is 25.2 Å². The van der Waals surface area contributed by atoms with Crippen LogP contribution in [0, 0.1) is 11.7 Å². The van der Waals surface area contributed by atoms with Gasteiger partial charge in [-0.15, -0.1) is 13.2 Å². The molecule has 0 spiro atoms. The van der Waals surface area contributed by atoms with E-state index in [1.165, 1.54) is 12.1 Å². The fourth-order valence-corrected chi connectivity index (χ4v) is 7.25. The Hall–Kier alpha value is -3.56. The Morgan fingerprint density at radius 3 is 2.58 bits per heavy atom. The third kappa shape index (κ3) is 4.71. The summed E-state index contributed by atoms with van der Waals surface area (Å²) in [6.45, 7) is 1.28. The van der Waals surface area contributed by atoms with Crippen molar-refractivity contribution in [2.75, 3.05) is 23.7 Å². The van der Waals surface area contributed by atoms with Gasteiger partial charge >= 0.3 is 6.36 Å². The number of carbonyl (C=O) groups excluding carboxylic acids is 1. The molecular weight excluding hydrogens is 558 g/mol. The smallest absolute Gasteiger partial charge is 0.406 e. The van der Waals surface area contributed by atoms with E-state index >= 15 is 4.39 Å². The highest BCUT2D eigenvalue weighted by Crippen LogP contribution is 2.49. The number of benzene rings is 2. The number of sulfone groups is 1. The lowest BCUT2D eigenvalue weighted by atomic mass is 9.59. The largest absolute Gasteiger partial charge is 0.573 e. The highest BCUT2D eigenvalue weighted by Gasteiger charge is 2.52. The summed E-state index contributed by atoms with van der Waals surface area (Å²) in [5, 5.41) is 7.25. The molecule has 15 heteroatoms. The molecule has 1 atom stereocenters. The predicted octanol–water partition coefficient (Wildman–Crippen LogP) is 2.67. The van der Waals surface area contributed by atoms with Crippen LogP contribution in [0.3, 0.4) is 0 Å². The summed E-state index contributed by atoms with van der Waals surface area (Å²) in [5.74, 6) is -2.18. The van der Waals surface area contributed by atoms with Crippen molar-refractivity contribution in [3.05, 3.63) is 53.7 Å². The molecule has 4 heterocycles. The highest BCUT2D eigenvalue weighted by atomic mass is 32.2. The Bertz CT molecular complexity index is 1580. The molecule has 1 saturated carbocycles. The van der Waals surface area contributed by atoms with E-state index in [9.17, 15) is 26.4 Å². The molecule has 4 aliphatic rings. The van der Waals surface area contributed by atoms with Gasteiger partial charge in [0, 0.05) is 6.54 Å². The van der Waals surface area contributed by atoms with Gasteiger partial charge in [-0.25, -0.2) is 12.8 Å². The van der Waals surface area contributed by atoms with E-state index < -0.39 is 50.4 Å². The van der Waals surface area contributed by atoms with Gasteiger partial charge in [-0.2, -0.15) is 4.98 Å². The van der Waals surface area contributed by atoms with Crippen LogP contribution < -0.4 is 20.7 Å². The summed E-state index contributed by atoms with van der Waals surface area (Å²) in [6.07, 6.45) is -3.16. The van der Waals surface area contributed by atoms with Crippen molar-refractivity contribution >= 4 is 21.4 Å². The first kappa shape index (κ1) is 26.7. The Morgan fingerprint density at radius 2 is 1.93 bits per heavy atom. The second-order valence-corrected chi connectivity index (χ2v) is 12.4. The maximum absolute atomic E-state index is 15.4. The lowest BCUT2D eigenvalue weighted by Gasteiger charge is -2.50. The molecule has 0 unspecified atom stereocenters. The fourth-order valence-electron chi connectivity index (χ4n) is 5.68. The zero-order chi connectivity index (χ0) is 28.4. The summed E-state index contributed by atoms with van der Waals surface area (Å²) >= 11 is 0. The van der Waals surface area contributed by atoms with Crippen molar-refractivity contribution < 1.29 is 40.0 Å². The normalized spacial score (nSPS) is 25.6. The van der Waals surface area contributed by atoms with Crippen LogP contribution in [0.25, 0.3) is 11.4 Å². The molecule has 1 amide bonds. The molecule has 2 aromatic carbocycles. The van der Waals surface area contributed by atoms with Crippen LogP contribution in [-0.4, -0.2) is 55.7 Å². The fraction of sp³-hybridized carbons (Fsp3) is 0.400. The molecule has 3 fully saturated rings. The van der Waals surface area contributed by atoms with E-state index in [2.05, 4.69) is 20.2 Å². The molecule has 2 bridgehead atoms. The van der Waals surface area contributed by atoms with E-state index in [1.807, 2.05) is 0 Å². The Balaban J connectivity index is 1.38. The van der Waals surface area contributed by atoms with E-state index in [1.54, 1.807) is 0 Å². The Labute approximate surface area is 225 Å². The SMILES string of the molecule is N[C@H]1CS(=O)(=O)c2cc(F)c(-c3noc(C45CNCC(C4)C5)n3)cc2N(Cc2ccc(OC(F)(F)F)cc2)C1=O. The minimum atomic E-state index is -4.88. The molecule has 3 aromatic rings. The standard InChI is InChI=1S/C25H23F4N5O5S/c26-17-6-20-19(5-16(17)21-32-23(39-33-21)24-7-14(8-24)9-31-12-24)34(22(35)18(30)11-40(20,36)37)10-13-1-3-15(4-2-13)38-25(27,28)29/h1-6,14,18,31H,7-12,30H2/t14?,18-,24?/m0/s1. The number of alkyl halides is 3. The third-order valence-corrected chi connectivity index (χ3v) is 9.33. The molecule has 1 aliphatic carbocycles. The molecule has 7 rings (SSSR count). The highest BCUT2D eigenvalue weighted by molar-refractivity contribution is 7.91. The van der Waals surface area contributed by atoms with E-state index in [4.69, 9.17) is 10.3 Å². The average Bonchev–Trinajstić information content (AvgIpc) is 3.35. The van der Waals surface area contributed by atoms with Crippen molar-refractivity contribution in [3.8, 4) is 17.1 Å². The predicted molar refractivity (Wildman–Crippen MR) is 131 cm³/mol. The molecule has 40 heavy (non-hydrogen) atoms. The summed E-state index contributed by atoms with van der Waals surface area (Å²) in [6, 6.07) is 5.20. The number of nitrogens with zero attached hydrogens (tertiary/aromatic N) is 3. The van der Waals surface area contributed by atoms with Crippen molar-refractivity contribution in [1.82, 2.24) is 15.5 Å². The summed E-state index contributed by atoms with van der Waals surface area (Å²) in [5.41, 5.74) is 5.58. The lowest BCUT2D eigenvalue weighted by molar-refractivity contribution is -0.274. The van der Waals surface area contributed by atoms with Gasteiger partial charge in [0.15, 0.2) is 9.84 Å². The number of hydrogen-bond acceptors (Lipinski definition) is 9. The number of piperidine rings is 2. The number of nitrogens with two attached hydrogens (primary N) is 1. The summed E-state index contributed by atoms with van der Waals surface area (Å²) < 4.78 is 88.5. The Kier molecular flexibility index (Phi) is 6.16. The molecule has 3 aliphatic heterocycles. The molecule has 212 valence electrons. The molecule has 1 aromatic heterocycles. The van der Waals surface area contributed by atoms with E-state index in [-0.39, 0.29) is 29.0 Å². The second kappa shape index (κ2) is 9.24. The monoisotopic (exact) mass is 581 g/mol. The van der Waals surface area contributed by atoms with Crippen LogP contribution >= 0.6 is 0 Å². The minimum absolute atomic E-state index is 0.106. The molecule has 10 nitrogen and oxygen atoms in total. The average molecular weight is 582 g/mol. The van der Waals surface area contributed by atoms with Gasteiger partial charge in [-0.3, -0.25) is 4.79 Å². The first-order valence-corrected chi connectivity index (χ1v) is 14.0. The first-order valence-electron chi connectivity index (χ1n) is 12.4. The van der Waals surface area contributed by atoms with Crippen LogP contribution in [0.15, 0.2) is 45.8 Å². The van der Waals surface area contributed by atoms with Crippen LogP contribution in [0.1, 0.15) is 24.3 Å². The number of rotatable bonds is 5. The van der Waals surface area contributed by atoms with Crippen LogP contribution in [0.4, 0.5) is 23.2 Å². The number of carbonyl (C=O) groups is 1. The molecule has 2 saturated heterocycles. The second-order valence-electron chi connectivity index (χ2n) is 10.4. The molecule has 0 radical (unpaired) electrons. The van der Waals surface area contributed by atoms with E-state index in [0.717, 1.165) is 48.6 Å².